The van der Waals surface area contributed by atoms with Crippen molar-refractivity contribution in [1.29, 1.82) is 0 Å². The molecule has 3 N–H and O–H groups in total. The highest BCUT2D eigenvalue weighted by Crippen LogP contribution is 2.23. The van der Waals surface area contributed by atoms with Gasteiger partial charge in [-0.2, -0.15) is 0 Å². The van der Waals surface area contributed by atoms with E-state index in [1.165, 1.54) is 25.3 Å². The zero-order chi connectivity index (χ0) is 15.2. The summed E-state index contributed by atoms with van der Waals surface area (Å²) in [5, 5.41) is 14.4. The Morgan fingerprint density at radius 2 is 2.25 bits per heavy atom. The summed E-state index contributed by atoms with van der Waals surface area (Å²) in [5.41, 5.74) is -0.229. The minimum atomic E-state index is -0.680. The summed E-state index contributed by atoms with van der Waals surface area (Å²) < 4.78 is 18.4. The first-order chi connectivity index (χ1) is 9.40. The van der Waals surface area contributed by atoms with Crippen molar-refractivity contribution in [2.75, 3.05) is 25.6 Å². The highest BCUT2D eigenvalue weighted by atomic mass is 79.9. The molecule has 1 aromatic carbocycles. The van der Waals surface area contributed by atoms with Gasteiger partial charge in [0.05, 0.1) is 17.8 Å². The van der Waals surface area contributed by atoms with Crippen LogP contribution in [0.25, 0.3) is 0 Å². The number of halogens is 2. The van der Waals surface area contributed by atoms with Crippen molar-refractivity contribution in [2.24, 2.45) is 0 Å². The van der Waals surface area contributed by atoms with Crippen molar-refractivity contribution in [3.8, 4) is 0 Å². The van der Waals surface area contributed by atoms with E-state index in [1.54, 1.807) is 6.92 Å². The smallest absolute Gasteiger partial charge is 0.319 e. The molecule has 1 aromatic rings. The van der Waals surface area contributed by atoms with Gasteiger partial charge in [0.1, 0.15) is 5.82 Å². The molecular weight excluding hydrogens is 331 g/mol. The quantitative estimate of drug-likeness (QED) is 0.739. The van der Waals surface area contributed by atoms with Crippen LogP contribution in [0, 0.1) is 5.82 Å². The van der Waals surface area contributed by atoms with Gasteiger partial charge in [0.25, 0.3) is 0 Å². The van der Waals surface area contributed by atoms with E-state index in [-0.39, 0.29) is 13.2 Å². The molecule has 0 spiro atoms. The fourth-order valence-corrected chi connectivity index (χ4v) is 2.20. The summed E-state index contributed by atoms with van der Waals surface area (Å²) in [6.07, 6.45) is 0.360. The van der Waals surface area contributed by atoms with E-state index in [1.807, 2.05) is 0 Å². The maximum atomic E-state index is 13.0. The summed E-state index contributed by atoms with van der Waals surface area (Å²) in [4.78, 5) is 11.9. The lowest BCUT2D eigenvalue weighted by Gasteiger charge is -2.29. The summed E-state index contributed by atoms with van der Waals surface area (Å²) in [6.45, 7) is 1.97. The number of amides is 2. The molecule has 0 aliphatic carbocycles. The van der Waals surface area contributed by atoms with Crippen molar-refractivity contribution < 1.29 is 19.0 Å². The number of aliphatic hydroxyl groups is 1. The van der Waals surface area contributed by atoms with Crippen LogP contribution in [0.1, 0.15) is 13.3 Å². The molecule has 0 fully saturated rings. The minimum Gasteiger partial charge on any atom is -0.396 e. The van der Waals surface area contributed by atoms with E-state index >= 15 is 0 Å². The number of hydrogen-bond donors (Lipinski definition) is 3. The number of hydrogen-bond acceptors (Lipinski definition) is 3. The maximum absolute atomic E-state index is 13.0. The highest BCUT2D eigenvalue weighted by Gasteiger charge is 2.26. The van der Waals surface area contributed by atoms with Gasteiger partial charge in [0.2, 0.25) is 0 Å². The van der Waals surface area contributed by atoms with Crippen LogP contribution in [0.15, 0.2) is 22.7 Å². The van der Waals surface area contributed by atoms with Gasteiger partial charge in [0.15, 0.2) is 0 Å². The molecule has 1 unspecified atom stereocenters. The Kier molecular flexibility index (Phi) is 6.38. The summed E-state index contributed by atoms with van der Waals surface area (Å²) in [7, 11) is 1.52. The Bertz CT molecular complexity index is 465. The Balaban J connectivity index is 2.70. The van der Waals surface area contributed by atoms with Gasteiger partial charge >= 0.3 is 6.03 Å². The first kappa shape index (κ1) is 16.9. The molecule has 1 atom stereocenters. The van der Waals surface area contributed by atoms with Gasteiger partial charge in [0, 0.05) is 18.2 Å². The van der Waals surface area contributed by atoms with Crippen molar-refractivity contribution in [3.05, 3.63) is 28.5 Å². The van der Waals surface area contributed by atoms with E-state index in [9.17, 15) is 9.18 Å². The number of urea groups is 1. The summed E-state index contributed by atoms with van der Waals surface area (Å²) >= 11 is 3.17. The van der Waals surface area contributed by atoms with Crippen LogP contribution in [0.5, 0.6) is 0 Å². The van der Waals surface area contributed by atoms with Crippen LogP contribution < -0.4 is 10.6 Å². The molecule has 0 saturated heterocycles. The number of methoxy groups -OCH3 is 1. The first-order valence-corrected chi connectivity index (χ1v) is 6.83. The SMILES string of the molecule is COCC(C)(CCO)NC(=O)Nc1ccc(F)cc1Br. The van der Waals surface area contributed by atoms with Gasteiger partial charge in [-0.25, -0.2) is 9.18 Å². The monoisotopic (exact) mass is 348 g/mol. The third kappa shape index (κ3) is 5.07. The predicted molar refractivity (Wildman–Crippen MR) is 78.2 cm³/mol. The minimum absolute atomic E-state index is 0.0691. The number of benzene rings is 1. The molecule has 0 heterocycles. The Morgan fingerprint density at radius 3 is 2.80 bits per heavy atom. The second kappa shape index (κ2) is 7.56. The van der Waals surface area contributed by atoms with Crippen LogP contribution in [0.4, 0.5) is 14.9 Å². The van der Waals surface area contributed by atoms with E-state index in [4.69, 9.17) is 9.84 Å². The Hall–Kier alpha value is -1.18. The fourth-order valence-electron chi connectivity index (χ4n) is 1.75. The molecule has 0 radical (unpaired) electrons. The number of ether oxygens (including phenoxy) is 1. The molecule has 112 valence electrons. The zero-order valence-electron chi connectivity index (χ0n) is 11.4. The van der Waals surface area contributed by atoms with Crippen LogP contribution in [0.3, 0.4) is 0 Å². The van der Waals surface area contributed by atoms with E-state index < -0.39 is 17.4 Å². The van der Waals surface area contributed by atoms with E-state index in [0.717, 1.165) is 0 Å². The van der Waals surface area contributed by atoms with Crippen molar-refractivity contribution in [1.82, 2.24) is 5.32 Å². The average Bonchev–Trinajstić information content (AvgIpc) is 2.33. The van der Waals surface area contributed by atoms with Gasteiger partial charge in [-0.3, -0.25) is 0 Å². The number of aliphatic hydroxyl groups excluding tert-OH is 1. The van der Waals surface area contributed by atoms with Crippen LogP contribution >= 0.6 is 15.9 Å². The fraction of sp³-hybridized carbons (Fsp3) is 0.462. The Morgan fingerprint density at radius 1 is 1.55 bits per heavy atom. The zero-order valence-corrected chi connectivity index (χ0v) is 13.0. The third-order valence-electron chi connectivity index (χ3n) is 2.72. The molecule has 0 aliphatic rings. The number of anilines is 1. The first-order valence-electron chi connectivity index (χ1n) is 6.04. The number of rotatable bonds is 6. The summed E-state index contributed by atoms with van der Waals surface area (Å²) in [6, 6.07) is 3.52. The lowest BCUT2D eigenvalue weighted by atomic mass is 10.00. The van der Waals surface area contributed by atoms with Crippen molar-refractivity contribution in [2.45, 2.75) is 18.9 Å². The molecule has 0 bridgehead atoms. The molecule has 1 rings (SSSR count). The van der Waals surface area contributed by atoms with Gasteiger partial charge in [-0.1, -0.05) is 0 Å². The molecule has 5 nitrogen and oxygen atoms in total. The van der Waals surface area contributed by atoms with Crippen LogP contribution in [-0.2, 0) is 4.74 Å². The second-order valence-electron chi connectivity index (χ2n) is 4.67. The van der Waals surface area contributed by atoms with Crippen LogP contribution in [0.2, 0.25) is 0 Å². The maximum Gasteiger partial charge on any atom is 0.319 e. The standard InChI is InChI=1S/C13H18BrFN2O3/c1-13(5-6-18,8-20-2)17-12(19)16-11-4-3-9(15)7-10(11)14/h3-4,7,18H,5-6,8H2,1-2H3,(H2,16,17,19). The lowest BCUT2D eigenvalue weighted by molar-refractivity contribution is 0.104. The van der Waals surface area contributed by atoms with Crippen molar-refractivity contribution in [3.63, 3.8) is 0 Å². The molecule has 2 amide bonds. The largest absolute Gasteiger partial charge is 0.396 e. The summed E-state index contributed by atoms with van der Waals surface area (Å²) in [5.74, 6) is -0.396. The molecule has 0 aromatic heterocycles. The van der Waals surface area contributed by atoms with Crippen molar-refractivity contribution >= 4 is 27.6 Å². The lowest BCUT2D eigenvalue weighted by Crippen LogP contribution is -2.51. The van der Waals surface area contributed by atoms with Gasteiger partial charge in [-0.15, -0.1) is 0 Å². The third-order valence-corrected chi connectivity index (χ3v) is 3.38. The molecular formula is C13H18BrFN2O3. The van der Waals surface area contributed by atoms with E-state index in [0.29, 0.717) is 16.6 Å². The molecule has 0 aliphatic heterocycles. The molecule has 20 heavy (non-hydrogen) atoms. The number of nitrogens with one attached hydrogen (secondary N) is 2. The van der Waals surface area contributed by atoms with E-state index in [2.05, 4.69) is 26.6 Å². The Labute approximate surface area is 125 Å². The molecule has 0 saturated carbocycles. The highest BCUT2D eigenvalue weighted by molar-refractivity contribution is 9.10. The topological polar surface area (TPSA) is 70.6 Å². The second-order valence-corrected chi connectivity index (χ2v) is 5.52. The number of carbonyl (C=O) groups is 1. The number of carbonyl (C=O) groups excluding carboxylic acids is 1. The predicted octanol–water partition coefficient (Wildman–Crippen LogP) is 2.50. The normalized spacial score (nSPS) is 13.7. The van der Waals surface area contributed by atoms with Crippen LogP contribution in [-0.4, -0.2) is 37.0 Å². The van der Waals surface area contributed by atoms with Gasteiger partial charge < -0.3 is 20.5 Å². The van der Waals surface area contributed by atoms with Gasteiger partial charge in [-0.05, 0) is 47.5 Å². The molecule has 7 heteroatoms. The average molecular weight is 349 g/mol.